The molecule has 0 saturated carbocycles. The molecule has 0 spiro atoms. The van der Waals surface area contributed by atoms with Crippen LogP contribution in [0.4, 0.5) is 0 Å². The Labute approximate surface area is 189 Å². The molecule has 30 heavy (non-hydrogen) atoms. The van der Waals surface area contributed by atoms with Crippen LogP contribution in [0.1, 0.15) is 32.7 Å². The second kappa shape index (κ2) is 8.57. The molecule has 0 aliphatic rings. The summed E-state index contributed by atoms with van der Waals surface area (Å²) in [4.78, 5) is 12.4. The summed E-state index contributed by atoms with van der Waals surface area (Å²) in [5.41, 5.74) is 4.69. The predicted octanol–water partition coefficient (Wildman–Crippen LogP) is 7.09. The lowest BCUT2D eigenvalue weighted by Gasteiger charge is -2.13. The van der Waals surface area contributed by atoms with E-state index in [0.717, 1.165) is 33.3 Å². The molecule has 1 aromatic heterocycles. The van der Waals surface area contributed by atoms with Crippen LogP contribution in [0.25, 0.3) is 10.9 Å². The topological polar surface area (TPSA) is 45.8 Å². The van der Waals surface area contributed by atoms with Crippen molar-refractivity contribution in [2.24, 2.45) is 0 Å². The molecule has 0 fully saturated rings. The maximum Gasteiger partial charge on any atom is 0.151 e. The third-order valence-corrected chi connectivity index (χ3v) is 6.94. The minimum atomic E-state index is 0.369. The molecule has 0 unspecified atom stereocenters. The summed E-state index contributed by atoms with van der Waals surface area (Å²) >= 11 is 14.5. The summed E-state index contributed by atoms with van der Waals surface area (Å²) in [5, 5.41) is 11.3. The van der Waals surface area contributed by atoms with E-state index in [9.17, 15) is 10.1 Å². The number of aryl methyl sites for hydroxylation is 1. The fourth-order valence-corrected chi connectivity index (χ4v) is 4.97. The van der Waals surface area contributed by atoms with Gasteiger partial charge in [-0.3, -0.25) is 8.77 Å². The lowest BCUT2D eigenvalue weighted by Crippen LogP contribution is -1.99. The van der Waals surface area contributed by atoms with E-state index in [2.05, 4.69) is 16.1 Å². The molecule has 6 heteroatoms. The van der Waals surface area contributed by atoms with Crippen LogP contribution in [0, 0.1) is 18.3 Å². The number of aromatic nitrogens is 1. The minimum absolute atomic E-state index is 0.369. The number of rotatable bonds is 5. The number of benzene rings is 3. The Bertz CT molecular complexity index is 1310. The molecule has 1 heterocycles. The fraction of sp³-hybridized carbons (Fsp3) is 0.0833. The number of hydrogen-bond donors (Lipinski definition) is 0. The van der Waals surface area contributed by atoms with E-state index in [1.54, 1.807) is 24.1 Å². The van der Waals surface area contributed by atoms with Gasteiger partial charge in [-0.25, -0.2) is 0 Å². The number of carbonyl (C=O) groups is 1. The molecular weight excluding hydrogens is 435 g/mol. The van der Waals surface area contributed by atoms with Crippen LogP contribution < -0.4 is 0 Å². The second-order valence-corrected chi connectivity index (χ2v) is 8.65. The van der Waals surface area contributed by atoms with Crippen molar-refractivity contribution in [3.05, 3.63) is 98.7 Å². The molecule has 0 amide bonds. The molecule has 0 atom stereocenters. The lowest BCUT2D eigenvalue weighted by atomic mass is 10.0. The van der Waals surface area contributed by atoms with Gasteiger partial charge in [0.25, 0.3) is 0 Å². The average Bonchev–Trinajstić information content (AvgIpc) is 3.10. The Balaban J connectivity index is 1.91. The lowest BCUT2D eigenvalue weighted by molar-refractivity contribution is 0.112. The van der Waals surface area contributed by atoms with Gasteiger partial charge in [-0.15, -0.1) is 0 Å². The fourth-order valence-electron chi connectivity index (χ4n) is 3.44. The number of carbonyl (C=O) groups excluding carboxylic acids is 1. The van der Waals surface area contributed by atoms with Crippen molar-refractivity contribution in [2.45, 2.75) is 18.2 Å². The third kappa shape index (κ3) is 3.73. The summed E-state index contributed by atoms with van der Waals surface area (Å²) in [6.45, 7) is 1.95. The zero-order valence-electron chi connectivity index (χ0n) is 16.0. The quantitative estimate of drug-likeness (QED) is 0.305. The number of halogens is 2. The van der Waals surface area contributed by atoms with Crippen molar-refractivity contribution in [2.75, 3.05) is 0 Å². The van der Waals surface area contributed by atoms with Crippen molar-refractivity contribution in [3.63, 3.8) is 0 Å². The highest BCUT2D eigenvalue weighted by atomic mass is 35.5. The Kier molecular flexibility index (Phi) is 5.87. The first-order valence-corrected chi connectivity index (χ1v) is 10.8. The molecule has 0 radical (unpaired) electrons. The largest absolute Gasteiger partial charge is 0.298 e. The number of nitrogens with zero attached hydrogens (tertiary/aromatic N) is 2. The van der Waals surface area contributed by atoms with Crippen LogP contribution in [0.5, 0.6) is 0 Å². The molecule has 4 rings (SSSR count). The van der Waals surface area contributed by atoms with Gasteiger partial charge in [0.2, 0.25) is 0 Å². The van der Waals surface area contributed by atoms with Crippen LogP contribution in [-0.2, 0) is 6.42 Å². The van der Waals surface area contributed by atoms with Gasteiger partial charge in [0.15, 0.2) is 6.29 Å². The number of aldehydes is 1. The zero-order valence-corrected chi connectivity index (χ0v) is 18.4. The van der Waals surface area contributed by atoms with Gasteiger partial charge in [0, 0.05) is 33.0 Å². The monoisotopic (exact) mass is 450 g/mol. The van der Waals surface area contributed by atoms with E-state index < -0.39 is 0 Å². The highest BCUT2D eigenvalue weighted by Crippen LogP contribution is 2.36. The number of hydrogen-bond acceptors (Lipinski definition) is 3. The van der Waals surface area contributed by atoms with Gasteiger partial charge < -0.3 is 0 Å². The van der Waals surface area contributed by atoms with Crippen LogP contribution in [-0.4, -0.2) is 10.3 Å². The molecule has 0 saturated heterocycles. The van der Waals surface area contributed by atoms with Gasteiger partial charge in [-0.05, 0) is 72.5 Å². The SMILES string of the molecule is Cc1c(C#N)ccc2c1cc(Cc1c(Cl)ccc(C=O)c1Cl)n2Sc1ccccc1. The normalized spacial score (nSPS) is 10.9. The molecule has 148 valence electrons. The van der Waals surface area contributed by atoms with Crippen LogP contribution in [0.2, 0.25) is 10.0 Å². The summed E-state index contributed by atoms with van der Waals surface area (Å²) < 4.78 is 2.14. The van der Waals surface area contributed by atoms with Crippen LogP contribution in [0.3, 0.4) is 0 Å². The Hall–Kier alpha value is -2.71. The van der Waals surface area contributed by atoms with Crippen molar-refractivity contribution >= 4 is 52.3 Å². The Morgan fingerprint density at radius 3 is 2.57 bits per heavy atom. The molecule has 4 aromatic rings. The molecule has 0 aliphatic carbocycles. The standard InChI is InChI=1S/C24H16Cl2N2OS/c1-15-16(13-27)8-10-23-20(15)11-18(28(23)30-19-5-3-2-4-6-19)12-21-22(25)9-7-17(14-29)24(21)26/h2-11,14H,12H2,1H3. The first-order chi connectivity index (χ1) is 14.5. The molecular formula is C24H16Cl2N2OS. The summed E-state index contributed by atoms with van der Waals surface area (Å²) in [6, 6.07) is 21.5. The second-order valence-electron chi connectivity index (χ2n) is 6.84. The number of fused-ring (bicyclic) bond motifs is 1. The van der Waals surface area contributed by atoms with E-state index in [0.29, 0.717) is 33.2 Å². The van der Waals surface area contributed by atoms with Crippen molar-refractivity contribution in [3.8, 4) is 6.07 Å². The van der Waals surface area contributed by atoms with E-state index in [-0.39, 0.29) is 0 Å². The summed E-state index contributed by atoms with van der Waals surface area (Å²) in [6.07, 6.45) is 1.19. The maximum atomic E-state index is 11.3. The van der Waals surface area contributed by atoms with Gasteiger partial charge in [-0.1, -0.05) is 41.4 Å². The number of nitriles is 1. The third-order valence-electron chi connectivity index (χ3n) is 5.04. The van der Waals surface area contributed by atoms with Crippen molar-refractivity contribution in [1.29, 1.82) is 5.26 Å². The molecule has 0 aliphatic heterocycles. The van der Waals surface area contributed by atoms with E-state index in [4.69, 9.17) is 23.2 Å². The van der Waals surface area contributed by atoms with Gasteiger partial charge in [0.05, 0.1) is 22.2 Å². The molecule has 0 bridgehead atoms. The minimum Gasteiger partial charge on any atom is -0.298 e. The first kappa shape index (κ1) is 20.6. The molecule has 3 nitrogen and oxygen atoms in total. The highest BCUT2D eigenvalue weighted by Gasteiger charge is 2.18. The van der Waals surface area contributed by atoms with Gasteiger partial charge >= 0.3 is 0 Å². The average molecular weight is 451 g/mol. The Morgan fingerprint density at radius 1 is 1.10 bits per heavy atom. The smallest absolute Gasteiger partial charge is 0.151 e. The first-order valence-electron chi connectivity index (χ1n) is 9.23. The van der Waals surface area contributed by atoms with E-state index in [1.165, 1.54) is 0 Å². The maximum absolute atomic E-state index is 11.3. The van der Waals surface area contributed by atoms with Crippen LogP contribution in [0.15, 0.2) is 65.6 Å². The zero-order chi connectivity index (χ0) is 21.3. The Morgan fingerprint density at radius 2 is 1.87 bits per heavy atom. The van der Waals surface area contributed by atoms with Gasteiger partial charge in [-0.2, -0.15) is 5.26 Å². The summed E-state index contributed by atoms with van der Waals surface area (Å²) in [5.74, 6) is 0. The van der Waals surface area contributed by atoms with Crippen molar-refractivity contribution in [1.82, 2.24) is 3.97 Å². The van der Waals surface area contributed by atoms with Crippen LogP contribution >= 0.6 is 35.1 Å². The highest BCUT2D eigenvalue weighted by molar-refractivity contribution is 7.98. The molecule has 0 N–H and O–H groups in total. The predicted molar refractivity (Wildman–Crippen MR) is 124 cm³/mol. The van der Waals surface area contributed by atoms with Crippen molar-refractivity contribution < 1.29 is 4.79 Å². The van der Waals surface area contributed by atoms with E-state index >= 15 is 0 Å². The molecule has 3 aromatic carbocycles. The summed E-state index contributed by atoms with van der Waals surface area (Å²) in [7, 11) is 0. The van der Waals surface area contributed by atoms with E-state index in [1.807, 2.05) is 49.4 Å². The van der Waals surface area contributed by atoms with Gasteiger partial charge in [0.1, 0.15) is 0 Å².